The van der Waals surface area contributed by atoms with E-state index in [4.69, 9.17) is 4.74 Å². The second-order valence-electron chi connectivity index (χ2n) is 4.79. The van der Waals surface area contributed by atoms with Gasteiger partial charge in [-0.05, 0) is 52.7 Å². The molecule has 1 atom stereocenters. The molecule has 0 aliphatic carbocycles. The van der Waals surface area contributed by atoms with E-state index in [0.717, 1.165) is 19.2 Å². The minimum Gasteiger partial charge on any atom is -0.377 e. The summed E-state index contributed by atoms with van der Waals surface area (Å²) in [6.45, 7) is 12.0. The van der Waals surface area contributed by atoms with Crippen molar-refractivity contribution in [2.75, 3.05) is 32.8 Å². The van der Waals surface area contributed by atoms with Crippen molar-refractivity contribution in [3.63, 3.8) is 0 Å². The normalized spacial score (nSPS) is 21.2. The summed E-state index contributed by atoms with van der Waals surface area (Å²) in [6, 6.07) is 0.749. The van der Waals surface area contributed by atoms with E-state index in [1.165, 1.54) is 38.9 Å². The summed E-state index contributed by atoms with van der Waals surface area (Å²) in [5.74, 6) is 0. The second kappa shape index (κ2) is 8.04. The molecule has 0 saturated carbocycles. The molecule has 16 heavy (non-hydrogen) atoms. The molecule has 1 saturated heterocycles. The number of piperidine rings is 1. The Morgan fingerprint density at radius 2 is 2.00 bits per heavy atom. The van der Waals surface area contributed by atoms with Crippen LogP contribution in [0.2, 0.25) is 0 Å². The molecular weight excluding hydrogens is 200 g/mol. The highest BCUT2D eigenvalue weighted by Crippen LogP contribution is 2.11. The van der Waals surface area contributed by atoms with E-state index < -0.39 is 0 Å². The summed E-state index contributed by atoms with van der Waals surface area (Å²) >= 11 is 0. The van der Waals surface area contributed by atoms with Crippen LogP contribution in [-0.4, -0.2) is 49.8 Å². The molecule has 1 fully saturated rings. The van der Waals surface area contributed by atoms with E-state index in [0.29, 0.717) is 6.10 Å². The highest BCUT2D eigenvalue weighted by molar-refractivity contribution is 4.77. The second-order valence-corrected chi connectivity index (χ2v) is 4.79. The van der Waals surface area contributed by atoms with Crippen LogP contribution >= 0.6 is 0 Å². The fourth-order valence-corrected chi connectivity index (χ4v) is 2.37. The van der Waals surface area contributed by atoms with E-state index in [1.54, 1.807) is 0 Å². The summed E-state index contributed by atoms with van der Waals surface area (Å²) in [6.07, 6.45) is 4.20. The lowest BCUT2D eigenvalue weighted by Gasteiger charge is -2.33. The van der Waals surface area contributed by atoms with Gasteiger partial charge in [-0.3, -0.25) is 0 Å². The van der Waals surface area contributed by atoms with Gasteiger partial charge in [0.05, 0.1) is 6.10 Å². The molecular formula is C13H28N2O. The van der Waals surface area contributed by atoms with Gasteiger partial charge < -0.3 is 15.0 Å². The lowest BCUT2D eigenvalue weighted by molar-refractivity contribution is 0.0381. The SMILES string of the molecule is CCCNC1CCN(CC(C)OCC)CC1. The predicted molar refractivity (Wildman–Crippen MR) is 68.8 cm³/mol. The van der Waals surface area contributed by atoms with Gasteiger partial charge in [-0.1, -0.05) is 6.92 Å². The average Bonchev–Trinajstić information content (AvgIpc) is 2.28. The minimum absolute atomic E-state index is 0.380. The Bertz CT molecular complexity index is 167. The Morgan fingerprint density at radius 1 is 1.31 bits per heavy atom. The van der Waals surface area contributed by atoms with Crippen molar-refractivity contribution in [2.45, 2.75) is 52.2 Å². The van der Waals surface area contributed by atoms with Gasteiger partial charge in [0.2, 0.25) is 0 Å². The van der Waals surface area contributed by atoms with Crippen molar-refractivity contribution in [1.29, 1.82) is 0 Å². The number of hydrogen-bond acceptors (Lipinski definition) is 3. The Morgan fingerprint density at radius 3 is 2.56 bits per heavy atom. The molecule has 0 aromatic heterocycles. The molecule has 0 aromatic carbocycles. The molecule has 0 bridgehead atoms. The summed E-state index contributed by atoms with van der Waals surface area (Å²) in [5.41, 5.74) is 0. The van der Waals surface area contributed by atoms with Crippen LogP contribution in [-0.2, 0) is 4.74 Å². The molecule has 1 heterocycles. The molecule has 3 nitrogen and oxygen atoms in total. The van der Waals surface area contributed by atoms with Crippen molar-refractivity contribution < 1.29 is 4.74 Å². The van der Waals surface area contributed by atoms with E-state index in [2.05, 4.69) is 31.0 Å². The third-order valence-electron chi connectivity index (χ3n) is 3.24. The van der Waals surface area contributed by atoms with Crippen molar-refractivity contribution in [3.05, 3.63) is 0 Å². The molecule has 0 aromatic rings. The van der Waals surface area contributed by atoms with Gasteiger partial charge in [0.15, 0.2) is 0 Å². The Kier molecular flexibility index (Phi) is 7.01. The molecule has 96 valence electrons. The quantitative estimate of drug-likeness (QED) is 0.720. The van der Waals surface area contributed by atoms with E-state index in [-0.39, 0.29) is 0 Å². The van der Waals surface area contributed by atoms with E-state index in [1.807, 2.05) is 0 Å². The lowest BCUT2D eigenvalue weighted by atomic mass is 10.0. The average molecular weight is 228 g/mol. The Balaban J connectivity index is 2.11. The molecule has 0 radical (unpaired) electrons. The molecule has 1 unspecified atom stereocenters. The first-order chi connectivity index (χ1) is 7.76. The van der Waals surface area contributed by atoms with Gasteiger partial charge in [0.25, 0.3) is 0 Å². The van der Waals surface area contributed by atoms with Crippen LogP contribution in [0, 0.1) is 0 Å². The van der Waals surface area contributed by atoms with E-state index >= 15 is 0 Å². The largest absolute Gasteiger partial charge is 0.377 e. The number of rotatable bonds is 7. The van der Waals surface area contributed by atoms with Gasteiger partial charge in [0.1, 0.15) is 0 Å². The third-order valence-corrected chi connectivity index (χ3v) is 3.24. The van der Waals surface area contributed by atoms with Crippen molar-refractivity contribution in [2.24, 2.45) is 0 Å². The smallest absolute Gasteiger partial charge is 0.0673 e. The number of likely N-dealkylation sites (tertiary alicyclic amines) is 1. The first-order valence-corrected chi connectivity index (χ1v) is 6.83. The summed E-state index contributed by atoms with van der Waals surface area (Å²) < 4.78 is 5.58. The number of nitrogens with zero attached hydrogens (tertiary/aromatic N) is 1. The molecule has 1 N–H and O–H groups in total. The first-order valence-electron chi connectivity index (χ1n) is 6.83. The summed E-state index contributed by atoms with van der Waals surface area (Å²) in [7, 11) is 0. The highest BCUT2D eigenvalue weighted by atomic mass is 16.5. The Hall–Kier alpha value is -0.120. The zero-order valence-electron chi connectivity index (χ0n) is 11.2. The van der Waals surface area contributed by atoms with Crippen LogP contribution in [0.4, 0.5) is 0 Å². The lowest BCUT2D eigenvalue weighted by Crippen LogP contribution is -2.45. The van der Waals surface area contributed by atoms with Gasteiger partial charge in [-0.25, -0.2) is 0 Å². The fourth-order valence-electron chi connectivity index (χ4n) is 2.37. The third kappa shape index (κ3) is 5.28. The van der Waals surface area contributed by atoms with Gasteiger partial charge in [-0.2, -0.15) is 0 Å². The zero-order chi connectivity index (χ0) is 11.8. The maximum Gasteiger partial charge on any atom is 0.0673 e. The molecule has 0 spiro atoms. The molecule has 1 rings (SSSR count). The predicted octanol–water partition coefficient (Wildman–Crippen LogP) is 1.88. The standard InChI is InChI=1S/C13H28N2O/c1-4-8-14-13-6-9-15(10-7-13)11-12(3)16-5-2/h12-14H,4-11H2,1-3H3. The van der Waals surface area contributed by atoms with Crippen LogP contribution in [0.5, 0.6) is 0 Å². The van der Waals surface area contributed by atoms with Crippen molar-refractivity contribution >= 4 is 0 Å². The maximum atomic E-state index is 5.58. The Labute approximate surface area is 101 Å². The minimum atomic E-state index is 0.380. The molecule has 1 aliphatic heterocycles. The van der Waals surface area contributed by atoms with Crippen molar-refractivity contribution in [3.8, 4) is 0 Å². The van der Waals surface area contributed by atoms with Gasteiger partial charge in [0, 0.05) is 19.2 Å². The summed E-state index contributed by atoms with van der Waals surface area (Å²) in [5, 5.41) is 3.61. The van der Waals surface area contributed by atoms with Crippen LogP contribution in [0.1, 0.15) is 40.0 Å². The molecule has 1 aliphatic rings. The van der Waals surface area contributed by atoms with Crippen LogP contribution < -0.4 is 5.32 Å². The molecule has 0 amide bonds. The monoisotopic (exact) mass is 228 g/mol. The van der Waals surface area contributed by atoms with E-state index in [9.17, 15) is 0 Å². The van der Waals surface area contributed by atoms with Crippen LogP contribution in [0.15, 0.2) is 0 Å². The van der Waals surface area contributed by atoms with Gasteiger partial charge in [-0.15, -0.1) is 0 Å². The van der Waals surface area contributed by atoms with Crippen molar-refractivity contribution in [1.82, 2.24) is 10.2 Å². The summed E-state index contributed by atoms with van der Waals surface area (Å²) in [4.78, 5) is 2.53. The number of hydrogen-bond donors (Lipinski definition) is 1. The molecule has 3 heteroatoms. The highest BCUT2D eigenvalue weighted by Gasteiger charge is 2.19. The first kappa shape index (κ1) is 13.9. The zero-order valence-corrected chi connectivity index (χ0v) is 11.2. The number of nitrogens with one attached hydrogen (secondary N) is 1. The van der Waals surface area contributed by atoms with Crippen LogP contribution in [0.25, 0.3) is 0 Å². The van der Waals surface area contributed by atoms with Gasteiger partial charge >= 0.3 is 0 Å². The topological polar surface area (TPSA) is 24.5 Å². The fraction of sp³-hybridized carbons (Fsp3) is 1.00. The number of ether oxygens (including phenoxy) is 1. The maximum absolute atomic E-state index is 5.58. The van der Waals surface area contributed by atoms with Crippen LogP contribution in [0.3, 0.4) is 0 Å².